The molecule has 0 aliphatic heterocycles. The number of hydrogen-bond acceptors (Lipinski definition) is 5. The fourth-order valence-electron chi connectivity index (χ4n) is 2.20. The van der Waals surface area contributed by atoms with Crippen LogP contribution in [0.2, 0.25) is 0 Å². The summed E-state index contributed by atoms with van der Waals surface area (Å²) in [5, 5.41) is 2.81. The molecule has 124 valence electrons. The van der Waals surface area contributed by atoms with Gasteiger partial charge in [-0.1, -0.05) is 0 Å². The second kappa shape index (κ2) is 7.67. The summed E-state index contributed by atoms with van der Waals surface area (Å²) >= 11 is 0. The first kappa shape index (κ1) is 16.9. The minimum Gasteiger partial charge on any atom is -0.497 e. The van der Waals surface area contributed by atoms with Gasteiger partial charge in [-0.3, -0.25) is 4.79 Å². The fraction of sp³-hybridized carbons (Fsp3) is 0.412. The molecule has 0 spiro atoms. The Morgan fingerprint density at radius 1 is 1.26 bits per heavy atom. The van der Waals surface area contributed by atoms with Crippen LogP contribution in [0.4, 0.5) is 0 Å². The maximum Gasteiger partial charge on any atom is 0.220 e. The lowest BCUT2D eigenvalue weighted by atomic mass is 10.1. The minimum atomic E-state index is -0.0663. The van der Waals surface area contributed by atoms with Gasteiger partial charge in [0.05, 0.1) is 26.5 Å². The van der Waals surface area contributed by atoms with Gasteiger partial charge in [-0.15, -0.1) is 0 Å². The smallest absolute Gasteiger partial charge is 0.220 e. The molecule has 0 aliphatic carbocycles. The third kappa shape index (κ3) is 4.48. The zero-order valence-electron chi connectivity index (χ0n) is 13.9. The molecule has 0 saturated carbocycles. The largest absolute Gasteiger partial charge is 0.497 e. The molecular formula is C17H22N2O4. The van der Waals surface area contributed by atoms with Crippen LogP contribution in [-0.4, -0.2) is 25.1 Å². The van der Waals surface area contributed by atoms with Crippen LogP contribution in [0, 0.1) is 13.8 Å². The number of aryl methyl sites for hydroxylation is 3. The van der Waals surface area contributed by atoms with Crippen LogP contribution in [0.1, 0.15) is 29.3 Å². The van der Waals surface area contributed by atoms with Crippen LogP contribution in [0.15, 0.2) is 22.6 Å². The number of amides is 1. The van der Waals surface area contributed by atoms with Crippen molar-refractivity contribution in [1.29, 1.82) is 0 Å². The van der Waals surface area contributed by atoms with E-state index in [2.05, 4.69) is 10.3 Å². The van der Waals surface area contributed by atoms with Crippen molar-refractivity contribution in [3.8, 4) is 11.5 Å². The molecule has 2 rings (SSSR count). The van der Waals surface area contributed by atoms with Crippen molar-refractivity contribution in [3.05, 3.63) is 41.1 Å². The Morgan fingerprint density at radius 2 is 2.04 bits per heavy atom. The number of methoxy groups -OCH3 is 2. The third-order valence-corrected chi connectivity index (χ3v) is 3.62. The number of carbonyl (C=O) groups is 1. The number of nitrogens with one attached hydrogen (secondary N) is 1. The molecule has 1 N–H and O–H groups in total. The Labute approximate surface area is 135 Å². The zero-order chi connectivity index (χ0) is 16.8. The summed E-state index contributed by atoms with van der Waals surface area (Å²) in [6.45, 7) is 4.02. The van der Waals surface area contributed by atoms with Gasteiger partial charge in [0, 0.05) is 6.42 Å². The lowest BCUT2D eigenvalue weighted by Crippen LogP contribution is -2.23. The highest BCUT2D eigenvalue weighted by Crippen LogP contribution is 2.25. The highest BCUT2D eigenvalue weighted by molar-refractivity contribution is 5.76. The number of ether oxygens (including phenoxy) is 2. The second-order valence-corrected chi connectivity index (χ2v) is 5.20. The van der Waals surface area contributed by atoms with Crippen LogP contribution in [0.3, 0.4) is 0 Å². The van der Waals surface area contributed by atoms with Gasteiger partial charge in [-0.2, -0.15) is 0 Å². The molecular weight excluding hydrogens is 296 g/mol. The summed E-state index contributed by atoms with van der Waals surface area (Å²) in [7, 11) is 3.22. The quantitative estimate of drug-likeness (QED) is 0.849. The van der Waals surface area contributed by atoms with Crippen LogP contribution < -0.4 is 14.8 Å². The number of rotatable bonds is 7. The van der Waals surface area contributed by atoms with Crippen molar-refractivity contribution < 1.29 is 18.7 Å². The number of aromatic nitrogens is 1. The van der Waals surface area contributed by atoms with E-state index < -0.39 is 0 Å². The molecule has 1 aromatic carbocycles. The summed E-state index contributed by atoms with van der Waals surface area (Å²) < 4.78 is 15.9. The number of oxazole rings is 1. The van der Waals surface area contributed by atoms with Gasteiger partial charge >= 0.3 is 0 Å². The van der Waals surface area contributed by atoms with Crippen LogP contribution in [0.5, 0.6) is 11.5 Å². The van der Waals surface area contributed by atoms with Crippen LogP contribution in [-0.2, 0) is 17.8 Å². The highest BCUT2D eigenvalue weighted by atomic mass is 16.5. The second-order valence-electron chi connectivity index (χ2n) is 5.20. The average Bonchev–Trinajstić information content (AvgIpc) is 2.88. The maximum atomic E-state index is 12.0. The first-order valence-electron chi connectivity index (χ1n) is 7.44. The van der Waals surface area contributed by atoms with Crippen molar-refractivity contribution in [3.63, 3.8) is 0 Å². The molecule has 0 saturated heterocycles. The number of hydrogen-bond donors (Lipinski definition) is 1. The van der Waals surface area contributed by atoms with Crippen molar-refractivity contribution in [2.45, 2.75) is 33.2 Å². The molecule has 6 heteroatoms. The SMILES string of the molecule is COc1ccc(OC)c(CCC(=O)NCc2nc(C)c(C)o2)c1. The Morgan fingerprint density at radius 3 is 2.65 bits per heavy atom. The van der Waals surface area contributed by atoms with E-state index in [4.69, 9.17) is 13.9 Å². The Kier molecular flexibility index (Phi) is 5.62. The monoisotopic (exact) mass is 318 g/mol. The van der Waals surface area contributed by atoms with Gasteiger partial charge in [0.25, 0.3) is 0 Å². The Bertz CT molecular complexity index is 660. The van der Waals surface area contributed by atoms with E-state index in [0.29, 0.717) is 25.3 Å². The fourth-order valence-corrected chi connectivity index (χ4v) is 2.20. The molecule has 1 amide bonds. The molecule has 2 aromatic rings. The van der Waals surface area contributed by atoms with E-state index in [9.17, 15) is 4.79 Å². The van der Waals surface area contributed by atoms with E-state index in [-0.39, 0.29) is 5.91 Å². The van der Waals surface area contributed by atoms with Crippen LogP contribution >= 0.6 is 0 Å². The molecule has 0 fully saturated rings. The van der Waals surface area contributed by atoms with E-state index in [1.165, 1.54) is 0 Å². The Balaban J connectivity index is 1.88. The van der Waals surface area contributed by atoms with Gasteiger partial charge in [-0.05, 0) is 44.0 Å². The summed E-state index contributed by atoms with van der Waals surface area (Å²) in [6, 6.07) is 5.55. The van der Waals surface area contributed by atoms with Gasteiger partial charge in [0.1, 0.15) is 17.3 Å². The molecule has 1 heterocycles. The first-order chi connectivity index (χ1) is 11.0. The summed E-state index contributed by atoms with van der Waals surface area (Å²) in [5.74, 6) is 2.72. The molecule has 0 atom stereocenters. The van der Waals surface area contributed by atoms with Gasteiger partial charge in [-0.25, -0.2) is 4.98 Å². The number of nitrogens with zero attached hydrogens (tertiary/aromatic N) is 1. The van der Waals surface area contributed by atoms with E-state index in [1.807, 2.05) is 32.0 Å². The third-order valence-electron chi connectivity index (χ3n) is 3.62. The van der Waals surface area contributed by atoms with Crippen molar-refractivity contribution in [1.82, 2.24) is 10.3 Å². The molecule has 6 nitrogen and oxygen atoms in total. The van der Waals surface area contributed by atoms with Crippen molar-refractivity contribution in [2.24, 2.45) is 0 Å². The van der Waals surface area contributed by atoms with Crippen molar-refractivity contribution in [2.75, 3.05) is 14.2 Å². The summed E-state index contributed by atoms with van der Waals surface area (Å²) in [5.41, 5.74) is 1.78. The van der Waals surface area contributed by atoms with E-state index in [1.54, 1.807) is 14.2 Å². The zero-order valence-corrected chi connectivity index (χ0v) is 13.9. The molecule has 1 aromatic heterocycles. The maximum absolute atomic E-state index is 12.0. The lowest BCUT2D eigenvalue weighted by molar-refractivity contribution is -0.121. The van der Waals surface area contributed by atoms with Gasteiger partial charge in [0.2, 0.25) is 11.8 Å². The van der Waals surface area contributed by atoms with E-state index in [0.717, 1.165) is 28.5 Å². The predicted octanol–water partition coefficient (Wildman–Crippen LogP) is 2.56. The van der Waals surface area contributed by atoms with Gasteiger partial charge in [0.15, 0.2) is 0 Å². The summed E-state index contributed by atoms with van der Waals surface area (Å²) in [6.07, 6.45) is 0.915. The predicted molar refractivity (Wildman–Crippen MR) is 85.7 cm³/mol. The molecule has 0 aliphatic rings. The number of benzene rings is 1. The minimum absolute atomic E-state index is 0.0663. The first-order valence-corrected chi connectivity index (χ1v) is 7.44. The highest BCUT2D eigenvalue weighted by Gasteiger charge is 2.10. The van der Waals surface area contributed by atoms with Gasteiger partial charge < -0.3 is 19.2 Å². The van der Waals surface area contributed by atoms with E-state index >= 15 is 0 Å². The topological polar surface area (TPSA) is 73.6 Å². The summed E-state index contributed by atoms with van der Waals surface area (Å²) in [4.78, 5) is 16.2. The van der Waals surface area contributed by atoms with Crippen molar-refractivity contribution >= 4 is 5.91 Å². The molecule has 0 radical (unpaired) electrons. The average molecular weight is 318 g/mol. The Hall–Kier alpha value is -2.50. The normalized spacial score (nSPS) is 10.4. The molecule has 0 bridgehead atoms. The molecule has 23 heavy (non-hydrogen) atoms. The lowest BCUT2D eigenvalue weighted by Gasteiger charge is -2.10. The van der Waals surface area contributed by atoms with Crippen LogP contribution in [0.25, 0.3) is 0 Å². The standard InChI is InChI=1S/C17H22N2O4/c1-11-12(2)23-17(19-11)10-18-16(20)8-5-13-9-14(21-3)6-7-15(13)22-4/h6-7,9H,5,8,10H2,1-4H3,(H,18,20). The number of carbonyl (C=O) groups excluding carboxylic acids is 1. The molecule has 0 unspecified atom stereocenters.